The number of likely N-dealkylation sites (tertiary alicyclic amines) is 1. The van der Waals surface area contributed by atoms with Gasteiger partial charge in [-0.05, 0) is 25.0 Å². The summed E-state index contributed by atoms with van der Waals surface area (Å²) in [5.41, 5.74) is 5.49. The van der Waals surface area contributed by atoms with Crippen LogP contribution >= 0.6 is 12.2 Å². The van der Waals surface area contributed by atoms with Gasteiger partial charge in [0.1, 0.15) is 11.6 Å². The fraction of sp³-hybridized carbons (Fsp3) is 0.429. The molecule has 1 aliphatic heterocycles. The third-order valence-corrected chi connectivity index (χ3v) is 3.56. The van der Waals surface area contributed by atoms with Crippen LogP contribution in [0.3, 0.4) is 0 Å². The van der Waals surface area contributed by atoms with Crippen molar-refractivity contribution in [3.63, 3.8) is 0 Å². The highest BCUT2D eigenvalue weighted by Gasteiger charge is 2.21. The van der Waals surface area contributed by atoms with Gasteiger partial charge < -0.3 is 11.1 Å². The summed E-state index contributed by atoms with van der Waals surface area (Å²) in [5.74, 6) is -1.97. The molecule has 1 heterocycles. The topological polar surface area (TPSA) is 58.4 Å². The third-order valence-electron chi connectivity index (χ3n) is 3.43. The quantitative estimate of drug-likeness (QED) is 0.826. The molecule has 0 atom stereocenters. The van der Waals surface area contributed by atoms with Gasteiger partial charge in [0.15, 0.2) is 0 Å². The number of nitrogens with zero attached hydrogens (tertiary/aromatic N) is 1. The molecule has 7 heteroatoms. The number of benzene rings is 1. The lowest BCUT2D eigenvalue weighted by Gasteiger charge is -2.31. The number of thiocarbonyl (C=S) groups is 1. The first kappa shape index (κ1) is 15.8. The van der Waals surface area contributed by atoms with E-state index in [4.69, 9.17) is 18.0 Å². The highest BCUT2D eigenvalue weighted by Crippen LogP contribution is 2.12. The summed E-state index contributed by atoms with van der Waals surface area (Å²) in [6.07, 6.45) is 1.51. The Morgan fingerprint density at radius 2 is 1.86 bits per heavy atom. The summed E-state index contributed by atoms with van der Waals surface area (Å²) in [4.78, 5) is 14.5. The molecule has 0 radical (unpaired) electrons. The molecule has 1 aromatic rings. The molecule has 1 amide bonds. The zero-order valence-corrected chi connectivity index (χ0v) is 12.3. The molecular weight excluding hydrogens is 296 g/mol. The zero-order valence-electron chi connectivity index (χ0n) is 11.4. The molecule has 1 saturated heterocycles. The van der Waals surface area contributed by atoms with Crippen LogP contribution in [0.15, 0.2) is 18.2 Å². The van der Waals surface area contributed by atoms with Crippen molar-refractivity contribution in [1.82, 2.24) is 10.2 Å². The van der Waals surface area contributed by atoms with E-state index in [9.17, 15) is 13.6 Å². The molecule has 21 heavy (non-hydrogen) atoms. The standard InChI is InChI=1S/C14H17F2N3OS/c15-10-5-9(6-11(16)7-10)14(20)18-12-1-3-19(4-2-12)8-13(17)21/h5-7,12H,1-4,8H2,(H2,17,21)(H,18,20). The molecular formula is C14H17F2N3OS. The van der Waals surface area contributed by atoms with Crippen molar-refractivity contribution in [3.05, 3.63) is 35.4 Å². The van der Waals surface area contributed by atoms with E-state index in [2.05, 4.69) is 10.2 Å². The van der Waals surface area contributed by atoms with Crippen molar-refractivity contribution < 1.29 is 13.6 Å². The van der Waals surface area contributed by atoms with E-state index in [0.29, 0.717) is 11.5 Å². The first-order valence-corrected chi connectivity index (χ1v) is 7.12. The van der Waals surface area contributed by atoms with Crippen molar-refractivity contribution in [2.75, 3.05) is 19.6 Å². The Balaban J connectivity index is 1.88. The van der Waals surface area contributed by atoms with Gasteiger partial charge in [-0.3, -0.25) is 9.69 Å². The number of carbonyl (C=O) groups excluding carboxylic acids is 1. The smallest absolute Gasteiger partial charge is 0.251 e. The lowest BCUT2D eigenvalue weighted by atomic mass is 10.0. The van der Waals surface area contributed by atoms with Crippen molar-refractivity contribution in [1.29, 1.82) is 0 Å². The molecule has 0 unspecified atom stereocenters. The van der Waals surface area contributed by atoms with E-state index in [1.165, 1.54) is 0 Å². The van der Waals surface area contributed by atoms with E-state index in [-0.39, 0.29) is 11.6 Å². The van der Waals surface area contributed by atoms with E-state index in [1.807, 2.05) is 0 Å². The number of carbonyl (C=O) groups is 1. The molecule has 3 N–H and O–H groups in total. The summed E-state index contributed by atoms with van der Waals surface area (Å²) in [6, 6.07) is 2.79. The largest absolute Gasteiger partial charge is 0.392 e. The molecule has 0 aliphatic carbocycles. The number of nitrogens with two attached hydrogens (primary N) is 1. The minimum Gasteiger partial charge on any atom is -0.392 e. The Morgan fingerprint density at radius 1 is 1.29 bits per heavy atom. The Labute approximate surface area is 127 Å². The highest BCUT2D eigenvalue weighted by atomic mass is 32.1. The first-order valence-electron chi connectivity index (χ1n) is 6.71. The monoisotopic (exact) mass is 313 g/mol. The van der Waals surface area contributed by atoms with Crippen molar-refractivity contribution in [2.45, 2.75) is 18.9 Å². The van der Waals surface area contributed by atoms with Gasteiger partial charge in [-0.2, -0.15) is 0 Å². The number of amides is 1. The zero-order chi connectivity index (χ0) is 15.4. The van der Waals surface area contributed by atoms with Crippen LogP contribution in [-0.4, -0.2) is 41.5 Å². The molecule has 0 bridgehead atoms. The van der Waals surface area contributed by atoms with Crippen LogP contribution in [0.1, 0.15) is 23.2 Å². The molecule has 4 nitrogen and oxygen atoms in total. The van der Waals surface area contributed by atoms with Crippen LogP contribution in [0.2, 0.25) is 0 Å². The minimum absolute atomic E-state index is 0.00179. The van der Waals surface area contributed by atoms with Gasteiger partial charge >= 0.3 is 0 Å². The maximum Gasteiger partial charge on any atom is 0.251 e. The van der Waals surface area contributed by atoms with Gasteiger partial charge in [-0.25, -0.2) is 8.78 Å². The number of piperidine rings is 1. The van der Waals surface area contributed by atoms with Gasteiger partial charge in [0.05, 0.1) is 4.99 Å². The predicted molar refractivity (Wildman–Crippen MR) is 80.1 cm³/mol. The Kier molecular flexibility index (Phi) is 5.19. The molecule has 0 aromatic heterocycles. The SMILES string of the molecule is NC(=S)CN1CCC(NC(=O)c2cc(F)cc(F)c2)CC1. The number of hydrogen-bond acceptors (Lipinski definition) is 3. The van der Waals surface area contributed by atoms with Crippen LogP contribution in [0.4, 0.5) is 8.78 Å². The first-order chi connectivity index (χ1) is 9.94. The van der Waals surface area contributed by atoms with Crippen LogP contribution < -0.4 is 11.1 Å². The predicted octanol–water partition coefficient (Wildman–Crippen LogP) is 1.45. The highest BCUT2D eigenvalue weighted by molar-refractivity contribution is 7.80. The molecule has 0 saturated carbocycles. The molecule has 0 spiro atoms. The number of nitrogens with one attached hydrogen (secondary N) is 1. The van der Waals surface area contributed by atoms with Gasteiger partial charge in [-0.15, -0.1) is 0 Å². The summed E-state index contributed by atoms with van der Waals surface area (Å²) < 4.78 is 26.2. The molecule has 1 aliphatic rings. The molecule has 2 rings (SSSR count). The van der Waals surface area contributed by atoms with Gasteiger partial charge in [-0.1, -0.05) is 12.2 Å². The van der Waals surface area contributed by atoms with Crippen molar-refractivity contribution >= 4 is 23.1 Å². The lowest BCUT2D eigenvalue weighted by Crippen LogP contribution is -2.46. The van der Waals surface area contributed by atoms with E-state index in [1.54, 1.807) is 0 Å². The van der Waals surface area contributed by atoms with Gasteiger partial charge in [0.2, 0.25) is 0 Å². The average molecular weight is 313 g/mol. The second kappa shape index (κ2) is 6.91. The van der Waals surface area contributed by atoms with Crippen molar-refractivity contribution in [2.24, 2.45) is 5.73 Å². The van der Waals surface area contributed by atoms with E-state index >= 15 is 0 Å². The molecule has 1 aromatic carbocycles. The van der Waals surface area contributed by atoms with E-state index < -0.39 is 17.5 Å². The van der Waals surface area contributed by atoms with Crippen LogP contribution in [0.25, 0.3) is 0 Å². The second-order valence-electron chi connectivity index (χ2n) is 5.15. The number of hydrogen-bond donors (Lipinski definition) is 2. The van der Waals surface area contributed by atoms with Crippen LogP contribution in [0, 0.1) is 11.6 Å². The summed E-state index contributed by atoms with van der Waals surface area (Å²) in [6.45, 7) is 2.13. The number of rotatable bonds is 4. The van der Waals surface area contributed by atoms with Crippen LogP contribution in [0.5, 0.6) is 0 Å². The fourth-order valence-electron chi connectivity index (χ4n) is 2.41. The van der Waals surface area contributed by atoms with E-state index in [0.717, 1.165) is 44.1 Å². The number of halogens is 2. The molecule has 114 valence electrons. The maximum atomic E-state index is 13.1. The maximum absolute atomic E-state index is 13.1. The van der Waals surface area contributed by atoms with Gasteiger partial charge in [0, 0.05) is 37.3 Å². The van der Waals surface area contributed by atoms with Gasteiger partial charge in [0.25, 0.3) is 5.91 Å². The molecule has 1 fully saturated rings. The Morgan fingerprint density at radius 3 is 2.38 bits per heavy atom. The minimum atomic E-state index is -0.758. The Hall–Kier alpha value is -1.60. The summed E-state index contributed by atoms with van der Waals surface area (Å²) in [7, 11) is 0. The Bertz CT molecular complexity index is 525. The second-order valence-corrected chi connectivity index (χ2v) is 5.67. The summed E-state index contributed by atoms with van der Waals surface area (Å²) in [5, 5.41) is 2.80. The lowest BCUT2D eigenvalue weighted by molar-refractivity contribution is 0.0914. The van der Waals surface area contributed by atoms with Crippen molar-refractivity contribution in [3.8, 4) is 0 Å². The fourth-order valence-corrected chi connectivity index (χ4v) is 2.59. The summed E-state index contributed by atoms with van der Waals surface area (Å²) >= 11 is 4.86. The third kappa shape index (κ3) is 4.71. The normalized spacial score (nSPS) is 16.7. The average Bonchev–Trinajstić information content (AvgIpc) is 2.39. The van der Waals surface area contributed by atoms with Crippen LogP contribution in [-0.2, 0) is 0 Å².